The first-order valence-corrected chi connectivity index (χ1v) is 7.27. The van der Waals surface area contributed by atoms with Gasteiger partial charge in [-0.2, -0.15) is 5.10 Å². The van der Waals surface area contributed by atoms with Crippen molar-refractivity contribution in [3.8, 4) is 0 Å². The highest BCUT2D eigenvalue weighted by atomic mass is 32.2. The van der Waals surface area contributed by atoms with Crippen molar-refractivity contribution in [2.24, 2.45) is 7.05 Å². The third-order valence-corrected chi connectivity index (χ3v) is 3.91. The zero-order chi connectivity index (χ0) is 13.7. The quantitative estimate of drug-likeness (QED) is 0.640. The molecule has 0 amide bonds. The SMILES string of the molecule is C=CCSc1ccccc1NC(C)c1cnn(C)c1. The Bertz CT molecular complexity index is 548. The van der Waals surface area contributed by atoms with Crippen LogP contribution in [0.25, 0.3) is 0 Å². The number of rotatable bonds is 6. The van der Waals surface area contributed by atoms with Crippen LogP contribution in [0.4, 0.5) is 5.69 Å². The Morgan fingerprint density at radius 2 is 2.26 bits per heavy atom. The molecule has 1 unspecified atom stereocenters. The molecule has 3 nitrogen and oxygen atoms in total. The first-order chi connectivity index (χ1) is 9.20. The first kappa shape index (κ1) is 13.7. The summed E-state index contributed by atoms with van der Waals surface area (Å²) < 4.78 is 1.83. The average molecular weight is 273 g/mol. The lowest BCUT2D eigenvalue weighted by Gasteiger charge is -2.16. The number of para-hydroxylation sites is 1. The van der Waals surface area contributed by atoms with E-state index in [1.807, 2.05) is 30.2 Å². The molecule has 100 valence electrons. The lowest BCUT2D eigenvalue weighted by atomic mass is 10.2. The summed E-state index contributed by atoms with van der Waals surface area (Å²) in [5.74, 6) is 0.917. The second kappa shape index (κ2) is 6.48. The molecule has 0 fully saturated rings. The zero-order valence-corrected chi connectivity index (χ0v) is 12.2. The van der Waals surface area contributed by atoms with Gasteiger partial charge in [-0.3, -0.25) is 4.68 Å². The predicted molar refractivity (Wildman–Crippen MR) is 82.6 cm³/mol. The minimum absolute atomic E-state index is 0.235. The van der Waals surface area contributed by atoms with Gasteiger partial charge >= 0.3 is 0 Å². The lowest BCUT2D eigenvalue weighted by Crippen LogP contribution is -2.06. The van der Waals surface area contributed by atoms with E-state index in [1.54, 1.807) is 11.8 Å². The van der Waals surface area contributed by atoms with E-state index in [9.17, 15) is 0 Å². The molecule has 0 saturated carbocycles. The van der Waals surface area contributed by atoms with Gasteiger partial charge < -0.3 is 5.32 Å². The van der Waals surface area contributed by atoms with Crippen molar-refractivity contribution in [1.29, 1.82) is 0 Å². The molecule has 0 saturated heterocycles. The Labute approximate surface area is 118 Å². The molecule has 1 heterocycles. The van der Waals surface area contributed by atoms with Crippen molar-refractivity contribution >= 4 is 17.4 Å². The summed E-state index contributed by atoms with van der Waals surface area (Å²) in [7, 11) is 1.93. The molecule has 0 aliphatic heterocycles. The molecule has 2 rings (SSSR count). The Morgan fingerprint density at radius 1 is 1.47 bits per heavy atom. The van der Waals surface area contributed by atoms with Crippen molar-refractivity contribution in [2.45, 2.75) is 17.9 Å². The Kier molecular flexibility index (Phi) is 4.68. The molecule has 1 aromatic heterocycles. The average Bonchev–Trinajstić information content (AvgIpc) is 2.84. The molecule has 0 aliphatic carbocycles. The Balaban J connectivity index is 2.11. The van der Waals surface area contributed by atoms with Gasteiger partial charge in [0.25, 0.3) is 0 Å². The molecular formula is C15H19N3S. The van der Waals surface area contributed by atoms with E-state index in [-0.39, 0.29) is 6.04 Å². The van der Waals surface area contributed by atoms with Crippen LogP contribution in [0.1, 0.15) is 18.5 Å². The Hall–Kier alpha value is -1.68. The molecular weight excluding hydrogens is 254 g/mol. The monoisotopic (exact) mass is 273 g/mol. The van der Waals surface area contributed by atoms with Gasteiger partial charge in [-0.05, 0) is 19.1 Å². The van der Waals surface area contributed by atoms with E-state index in [0.29, 0.717) is 0 Å². The van der Waals surface area contributed by atoms with E-state index >= 15 is 0 Å². The molecule has 1 aromatic carbocycles. The standard InChI is InChI=1S/C15H19N3S/c1-4-9-19-15-8-6-5-7-14(15)17-12(2)13-10-16-18(3)11-13/h4-8,10-12,17H,1,9H2,2-3H3. The molecule has 4 heteroatoms. The number of hydrogen-bond acceptors (Lipinski definition) is 3. The summed E-state index contributed by atoms with van der Waals surface area (Å²) >= 11 is 1.79. The number of aromatic nitrogens is 2. The molecule has 1 atom stereocenters. The number of nitrogens with one attached hydrogen (secondary N) is 1. The fraction of sp³-hybridized carbons (Fsp3) is 0.267. The van der Waals surface area contributed by atoms with Gasteiger partial charge in [0, 0.05) is 35.1 Å². The van der Waals surface area contributed by atoms with E-state index in [0.717, 1.165) is 11.4 Å². The van der Waals surface area contributed by atoms with E-state index in [1.165, 1.54) is 10.5 Å². The number of thioether (sulfide) groups is 1. The summed E-state index contributed by atoms with van der Waals surface area (Å²) in [5, 5.41) is 7.75. The minimum Gasteiger partial charge on any atom is -0.377 e. The van der Waals surface area contributed by atoms with Crippen LogP contribution < -0.4 is 5.32 Å². The van der Waals surface area contributed by atoms with Crippen molar-refractivity contribution in [3.63, 3.8) is 0 Å². The lowest BCUT2D eigenvalue weighted by molar-refractivity contribution is 0.765. The maximum atomic E-state index is 4.21. The number of benzene rings is 1. The van der Waals surface area contributed by atoms with E-state index < -0.39 is 0 Å². The molecule has 0 spiro atoms. The van der Waals surface area contributed by atoms with E-state index in [4.69, 9.17) is 0 Å². The highest BCUT2D eigenvalue weighted by Gasteiger charge is 2.09. The first-order valence-electron chi connectivity index (χ1n) is 6.28. The number of hydrogen-bond donors (Lipinski definition) is 1. The van der Waals surface area contributed by atoms with Crippen molar-refractivity contribution < 1.29 is 0 Å². The Morgan fingerprint density at radius 3 is 2.95 bits per heavy atom. The summed E-state index contributed by atoms with van der Waals surface area (Å²) in [6, 6.07) is 8.59. The number of anilines is 1. The largest absolute Gasteiger partial charge is 0.377 e. The maximum Gasteiger partial charge on any atom is 0.0542 e. The molecule has 19 heavy (non-hydrogen) atoms. The smallest absolute Gasteiger partial charge is 0.0542 e. The van der Waals surface area contributed by atoms with Gasteiger partial charge in [-0.15, -0.1) is 18.3 Å². The third kappa shape index (κ3) is 3.64. The number of aryl methyl sites for hydroxylation is 1. The predicted octanol–water partition coefficient (Wildman–Crippen LogP) is 3.87. The topological polar surface area (TPSA) is 29.9 Å². The fourth-order valence-corrected chi connectivity index (χ4v) is 2.60. The van der Waals surface area contributed by atoms with Crippen molar-refractivity contribution in [1.82, 2.24) is 9.78 Å². The van der Waals surface area contributed by atoms with Crippen molar-refractivity contribution in [2.75, 3.05) is 11.1 Å². The summed E-state index contributed by atoms with van der Waals surface area (Å²) in [4.78, 5) is 1.25. The zero-order valence-electron chi connectivity index (χ0n) is 11.3. The summed E-state index contributed by atoms with van der Waals surface area (Å²) in [5.41, 5.74) is 2.34. The molecule has 0 radical (unpaired) electrons. The van der Waals surface area contributed by atoms with E-state index in [2.05, 4.69) is 48.2 Å². The van der Waals surface area contributed by atoms with Crippen LogP contribution in [0.5, 0.6) is 0 Å². The number of nitrogens with zero attached hydrogens (tertiary/aromatic N) is 2. The van der Waals surface area contributed by atoms with Crippen LogP contribution in [-0.2, 0) is 7.05 Å². The normalized spacial score (nSPS) is 12.1. The van der Waals surface area contributed by atoms with Crippen LogP contribution >= 0.6 is 11.8 Å². The summed E-state index contributed by atoms with van der Waals surface area (Å²) in [6.07, 6.45) is 5.86. The van der Waals surface area contributed by atoms with Crippen LogP contribution in [0.2, 0.25) is 0 Å². The second-order valence-electron chi connectivity index (χ2n) is 4.41. The van der Waals surface area contributed by atoms with Gasteiger partial charge in [-0.25, -0.2) is 0 Å². The van der Waals surface area contributed by atoms with Crippen LogP contribution in [0.3, 0.4) is 0 Å². The summed E-state index contributed by atoms with van der Waals surface area (Å²) in [6.45, 7) is 5.91. The van der Waals surface area contributed by atoms with Gasteiger partial charge in [0.15, 0.2) is 0 Å². The maximum absolute atomic E-state index is 4.21. The highest BCUT2D eigenvalue weighted by molar-refractivity contribution is 7.99. The van der Waals surface area contributed by atoms with Crippen LogP contribution in [-0.4, -0.2) is 15.5 Å². The van der Waals surface area contributed by atoms with Gasteiger partial charge in [0.2, 0.25) is 0 Å². The molecule has 0 bridgehead atoms. The van der Waals surface area contributed by atoms with Gasteiger partial charge in [0.1, 0.15) is 0 Å². The van der Waals surface area contributed by atoms with Gasteiger partial charge in [0.05, 0.1) is 12.2 Å². The van der Waals surface area contributed by atoms with Crippen molar-refractivity contribution in [3.05, 3.63) is 54.9 Å². The molecule has 2 aromatic rings. The fourth-order valence-electron chi connectivity index (χ4n) is 1.84. The third-order valence-electron chi connectivity index (χ3n) is 2.84. The van der Waals surface area contributed by atoms with Crippen LogP contribution in [0.15, 0.2) is 54.2 Å². The second-order valence-corrected chi connectivity index (χ2v) is 5.47. The highest BCUT2D eigenvalue weighted by Crippen LogP contribution is 2.29. The van der Waals surface area contributed by atoms with Crippen LogP contribution in [0, 0.1) is 0 Å². The minimum atomic E-state index is 0.235. The van der Waals surface area contributed by atoms with Gasteiger partial charge in [-0.1, -0.05) is 18.2 Å². The molecule has 0 aliphatic rings. The molecule has 1 N–H and O–H groups in total.